The summed E-state index contributed by atoms with van der Waals surface area (Å²) in [5.41, 5.74) is 1.41. The highest BCUT2D eigenvalue weighted by atomic mass is 15.2. The Balaban J connectivity index is 2.24. The third-order valence-corrected chi connectivity index (χ3v) is 2.99. The van der Waals surface area contributed by atoms with Gasteiger partial charge in [-0.1, -0.05) is 39.5 Å². The monoisotopic (exact) mass is 222 g/mol. The molecule has 1 rings (SSSR count). The van der Waals surface area contributed by atoms with Gasteiger partial charge in [-0.05, 0) is 24.8 Å². The van der Waals surface area contributed by atoms with Crippen LogP contribution in [-0.4, -0.2) is 24.3 Å². The summed E-state index contributed by atoms with van der Waals surface area (Å²) < 4.78 is 0. The Kier molecular flexibility index (Phi) is 6.95. The Bertz CT molecular complexity index is 231. The molecule has 0 unspecified atom stereocenters. The summed E-state index contributed by atoms with van der Waals surface area (Å²) >= 11 is 0. The summed E-state index contributed by atoms with van der Waals surface area (Å²) in [5.74, 6) is 0. The van der Waals surface area contributed by atoms with Crippen molar-refractivity contribution < 1.29 is 0 Å². The molecule has 1 aliphatic heterocycles. The molecule has 92 valence electrons. The van der Waals surface area contributed by atoms with Gasteiger partial charge in [-0.25, -0.2) is 0 Å². The van der Waals surface area contributed by atoms with Crippen LogP contribution >= 0.6 is 0 Å². The smallest absolute Gasteiger partial charge is 0.109 e. The molecule has 0 bridgehead atoms. The van der Waals surface area contributed by atoms with Crippen molar-refractivity contribution in [3.8, 4) is 0 Å². The lowest BCUT2D eigenvalue weighted by molar-refractivity contribution is 0.369. The quantitative estimate of drug-likeness (QED) is 0.567. The van der Waals surface area contributed by atoms with Crippen molar-refractivity contribution in [3.05, 3.63) is 11.8 Å². The molecule has 0 atom stereocenters. The fourth-order valence-electron chi connectivity index (χ4n) is 1.98. The summed E-state index contributed by atoms with van der Waals surface area (Å²) in [6.45, 7) is 6.53. The van der Waals surface area contributed by atoms with E-state index < -0.39 is 0 Å². The highest BCUT2D eigenvalue weighted by molar-refractivity contribution is 5.78. The van der Waals surface area contributed by atoms with Gasteiger partial charge in [0, 0.05) is 19.0 Å². The van der Waals surface area contributed by atoms with Crippen LogP contribution in [0.25, 0.3) is 0 Å². The fraction of sp³-hybridized carbons (Fsp3) is 0.786. The first-order valence-electron chi connectivity index (χ1n) is 6.81. The Morgan fingerprint density at radius 2 is 1.88 bits per heavy atom. The lowest BCUT2D eigenvalue weighted by Gasteiger charge is -2.22. The minimum Gasteiger partial charge on any atom is -0.358 e. The van der Waals surface area contributed by atoms with Gasteiger partial charge in [-0.2, -0.15) is 0 Å². The average molecular weight is 222 g/mol. The predicted octanol–water partition coefficient (Wildman–Crippen LogP) is 3.98. The first kappa shape index (κ1) is 13.3. The first-order chi connectivity index (χ1) is 7.86. The van der Waals surface area contributed by atoms with Crippen molar-refractivity contribution in [2.24, 2.45) is 4.99 Å². The first-order valence-corrected chi connectivity index (χ1v) is 6.81. The topological polar surface area (TPSA) is 15.6 Å². The Morgan fingerprint density at radius 3 is 2.62 bits per heavy atom. The zero-order valence-electron chi connectivity index (χ0n) is 10.9. The van der Waals surface area contributed by atoms with Crippen molar-refractivity contribution in [1.29, 1.82) is 0 Å². The van der Waals surface area contributed by atoms with E-state index in [0.717, 1.165) is 6.67 Å². The zero-order chi connectivity index (χ0) is 11.6. The number of nitrogens with zero attached hydrogens (tertiary/aromatic N) is 2. The molecule has 1 heterocycles. The molecule has 16 heavy (non-hydrogen) atoms. The molecule has 2 heteroatoms. The van der Waals surface area contributed by atoms with E-state index in [1.54, 1.807) is 0 Å². The standard InChI is InChI=1S/C14H26N2/c1-3-5-7-9-14-11-15-13-16(12-14)10-8-6-4-2/h11-12H,3-10,13H2,1-2H3. The van der Waals surface area contributed by atoms with Crippen molar-refractivity contribution >= 4 is 6.21 Å². The fourth-order valence-corrected chi connectivity index (χ4v) is 1.98. The maximum atomic E-state index is 4.43. The van der Waals surface area contributed by atoms with Crippen LogP contribution in [0.2, 0.25) is 0 Å². The van der Waals surface area contributed by atoms with E-state index in [0.29, 0.717) is 0 Å². The summed E-state index contributed by atoms with van der Waals surface area (Å²) in [5, 5.41) is 0. The van der Waals surface area contributed by atoms with Gasteiger partial charge < -0.3 is 4.90 Å². The van der Waals surface area contributed by atoms with Gasteiger partial charge in [-0.3, -0.25) is 4.99 Å². The molecule has 0 saturated carbocycles. The van der Waals surface area contributed by atoms with Gasteiger partial charge in [0.2, 0.25) is 0 Å². The number of allylic oxidation sites excluding steroid dienone is 1. The van der Waals surface area contributed by atoms with Gasteiger partial charge in [0.05, 0.1) is 0 Å². The molecule has 0 aromatic carbocycles. The number of hydrogen-bond donors (Lipinski definition) is 0. The zero-order valence-corrected chi connectivity index (χ0v) is 10.9. The number of rotatable bonds is 8. The van der Waals surface area contributed by atoms with Crippen molar-refractivity contribution in [2.45, 2.75) is 58.8 Å². The van der Waals surface area contributed by atoms with Crippen LogP contribution < -0.4 is 0 Å². The van der Waals surface area contributed by atoms with E-state index in [4.69, 9.17) is 0 Å². The lowest BCUT2D eigenvalue weighted by atomic mass is 10.1. The average Bonchev–Trinajstić information content (AvgIpc) is 2.30. The molecular weight excluding hydrogens is 196 g/mol. The minimum atomic E-state index is 0.862. The summed E-state index contributed by atoms with van der Waals surface area (Å²) in [6.07, 6.45) is 13.4. The van der Waals surface area contributed by atoms with E-state index in [9.17, 15) is 0 Å². The van der Waals surface area contributed by atoms with Gasteiger partial charge in [0.15, 0.2) is 0 Å². The lowest BCUT2D eigenvalue weighted by Crippen LogP contribution is -2.22. The SMILES string of the molecule is CCCCCC1=CN(CCCCC)CN=C1. The molecule has 0 saturated heterocycles. The van der Waals surface area contributed by atoms with Gasteiger partial charge in [0.25, 0.3) is 0 Å². The van der Waals surface area contributed by atoms with Gasteiger partial charge in [0.1, 0.15) is 6.67 Å². The molecule has 0 aliphatic carbocycles. The molecule has 0 aromatic rings. The number of aliphatic imine (C=N–C) groups is 1. The van der Waals surface area contributed by atoms with E-state index in [1.807, 2.05) is 0 Å². The van der Waals surface area contributed by atoms with Crippen LogP contribution in [0, 0.1) is 0 Å². The molecule has 0 fully saturated rings. The van der Waals surface area contributed by atoms with Crippen LogP contribution in [0.15, 0.2) is 16.8 Å². The predicted molar refractivity (Wildman–Crippen MR) is 71.8 cm³/mol. The normalized spacial score (nSPS) is 15.4. The Labute approximate surface area is 100 Å². The minimum absolute atomic E-state index is 0.862. The van der Waals surface area contributed by atoms with E-state index in [1.165, 1.54) is 57.1 Å². The second-order valence-corrected chi connectivity index (χ2v) is 4.63. The van der Waals surface area contributed by atoms with Crippen molar-refractivity contribution in [3.63, 3.8) is 0 Å². The third-order valence-electron chi connectivity index (χ3n) is 2.99. The van der Waals surface area contributed by atoms with Gasteiger partial charge in [-0.15, -0.1) is 0 Å². The highest BCUT2D eigenvalue weighted by Gasteiger charge is 2.05. The van der Waals surface area contributed by atoms with Crippen LogP contribution in [0.1, 0.15) is 58.8 Å². The van der Waals surface area contributed by atoms with Crippen LogP contribution in [0.5, 0.6) is 0 Å². The highest BCUT2D eigenvalue weighted by Crippen LogP contribution is 2.12. The molecule has 1 aliphatic rings. The largest absolute Gasteiger partial charge is 0.358 e. The maximum Gasteiger partial charge on any atom is 0.109 e. The second kappa shape index (κ2) is 8.37. The molecule has 0 aromatic heterocycles. The number of hydrogen-bond acceptors (Lipinski definition) is 2. The molecular formula is C14H26N2. The molecule has 0 N–H and O–H groups in total. The van der Waals surface area contributed by atoms with E-state index >= 15 is 0 Å². The van der Waals surface area contributed by atoms with Crippen molar-refractivity contribution in [2.75, 3.05) is 13.2 Å². The van der Waals surface area contributed by atoms with Crippen LogP contribution in [0.4, 0.5) is 0 Å². The Morgan fingerprint density at radius 1 is 1.12 bits per heavy atom. The molecule has 0 amide bonds. The third kappa shape index (κ3) is 5.34. The van der Waals surface area contributed by atoms with Gasteiger partial charge >= 0.3 is 0 Å². The summed E-state index contributed by atoms with van der Waals surface area (Å²) in [4.78, 5) is 6.79. The van der Waals surface area contributed by atoms with Crippen LogP contribution in [0.3, 0.4) is 0 Å². The van der Waals surface area contributed by atoms with Crippen LogP contribution in [-0.2, 0) is 0 Å². The molecule has 2 nitrogen and oxygen atoms in total. The second-order valence-electron chi connectivity index (χ2n) is 4.63. The van der Waals surface area contributed by atoms with E-state index in [2.05, 4.69) is 36.2 Å². The maximum absolute atomic E-state index is 4.43. The number of unbranched alkanes of at least 4 members (excludes halogenated alkanes) is 4. The van der Waals surface area contributed by atoms with E-state index in [-0.39, 0.29) is 0 Å². The molecule has 0 radical (unpaired) electrons. The summed E-state index contributed by atoms with van der Waals surface area (Å²) in [6, 6.07) is 0. The molecule has 0 spiro atoms. The Hall–Kier alpha value is -0.790. The summed E-state index contributed by atoms with van der Waals surface area (Å²) in [7, 11) is 0. The van der Waals surface area contributed by atoms with Crippen molar-refractivity contribution in [1.82, 2.24) is 4.90 Å².